The van der Waals surface area contributed by atoms with Crippen molar-refractivity contribution in [3.05, 3.63) is 52.3 Å². The minimum atomic E-state index is -3.60. The minimum Gasteiger partial charge on any atom is -0.496 e. The maximum Gasteiger partial charge on any atom is 0.240 e. The summed E-state index contributed by atoms with van der Waals surface area (Å²) >= 11 is 3.28. The van der Waals surface area contributed by atoms with Gasteiger partial charge in [0, 0.05) is 6.20 Å². The molecule has 1 aromatic heterocycles. The highest BCUT2D eigenvalue weighted by molar-refractivity contribution is 9.10. The lowest BCUT2D eigenvalue weighted by molar-refractivity contribution is 0.411. The van der Waals surface area contributed by atoms with Crippen LogP contribution in [0.1, 0.15) is 11.3 Å². The van der Waals surface area contributed by atoms with Gasteiger partial charge < -0.3 is 4.74 Å². The summed E-state index contributed by atoms with van der Waals surface area (Å²) in [5, 5.41) is 0. The Hall–Kier alpha value is -1.44. The zero-order chi connectivity index (χ0) is 15.5. The summed E-state index contributed by atoms with van der Waals surface area (Å²) in [6.45, 7) is 2.04. The lowest BCUT2D eigenvalue weighted by Crippen LogP contribution is -2.24. The number of sulfonamides is 1. The molecule has 0 atom stereocenters. The van der Waals surface area contributed by atoms with Crippen LogP contribution in [0.4, 0.5) is 0 Å². The molecule has 5 nitrogen and oxygen atoms in total. The second-order valence-corrected chi connectivity index (χ2v) is 7.01. The summed E-state index contributed by atoms with van der Waals surface area (Å²) in [5.74, 6) is 0.578. The molecule has 1 N–H and O–H groups in total. The molecule has 0 aliphatic heterocycles. The molecule has 2 aromatic rings. The first-order chi connectivity index (χ1) is 9.94. The van der Waals surface area contributed by atoms with Crippen molar-refractivity contribution in [2.75, 3.05) is 7.11 Å². The van der Waals surface area contributed by atoms with E-state index in [9.17, 15) is 8.42 Å². The first-order valence-corrected chi connectivity index (χ1v) is 8.45. The fourth-order valence-electron chi connectivity index (χ4n) is 1.76. The summed E-state index contributed by atoms with van der Waals surface area (Å²) in [7, 11) is -2.07. The number of nitrogens with zero attached hydrogens (tertiary/aromatic N) is 1. The number of aryl methyl sites for hydroxylation is 1. The van der Waals surface area contributed by atoms with E-state index in [-0.39, 0.29) is 11.4 Å². The van der Waals surface area contributed by atoms with Crippen molar-refractivity contribution in [2.24, 2.45) is 0 Å². The molecule has 0 unspecified atom stereocenters. The van der Waals surface area contributed by atoms with Crippen LogP contribution in [0.25, 0.3) is 0 Å². The summed E-state index contributed by atoms with van der Waals surface area (Å²) < 4.78 is 32.8. The molecule has 0 radical (unpaired) electrons. The first kappa shape index (κ1) is 15.9. The first-order valence-electron chi connectivity index (χ1n) is 6.18. The third-order valence-corrected chi connectivity index (χ3v) is 5.00. The van der Waals surface area contributed by atoms with Crippen LogP contribution in [0.2, 0.25) is 0 Å². The third-order valence-electron chi connectivity index (χ3n) is 2.98. The monoisotopic (exact) mass is 370 g/mol. The Morgan fingerprint density at radius 3 is 2.71 bits per heavy atom. The number of nitrogens with one attached hydrogen (secondary N) is 1. The summed E-state index contributed by atoms with van der Waals surface area (Å²) in [4.78, 5) is 4.33. The molecule has 0 fully saturated rings. The topological polar surface area (TPSA) is 68.3 Å². The van der Waals surface area contributed by atoms with Crippen LogP contribution < -0.4 is 9.46 Å². The molecule has 0 aliphatic rings. The van der Waals surface area contributed by atoms with Crippen LogP contribution in [0.3, 0.4) is 0 Å². The van der Waals surface area contributed by atoms with Crippen molar-refractivity contribution in [1.29, 1.82) is 0 Å². The van der Waals surface area contributed by atoms with E-state index in [0.29, 0.717) is 15.9 Å². The molecule has 0 aliphatic carbocycles. The summed E-state index contributed by atoms with van der Waals surface area (Å²) in [6.07, 6.45) is 1.64. The van der Waals surface area contributed by atoms with Crippen molar-refractivity contribution in [3.8, 4) is 5.75 Å². The lowest BCUT2D eigenvalue weighted by Gasteiger charge is -2.09. The van der Waals surface area contributed by atoms with E-state index in [4.69, 9.17) is 4.74 Å². The zero-order valence-electron chi connectivity index (χ0n) is 11.6. The minimum absolute atomic E-state index is 0.151. The molecule has 21 heavy (non-hydrogen) atoms. The van der Waals surface area contributed by atoms with Gasteiger partial charge in [-0.3, -0.25) is 4.98 Å². The van der Waals surface area contributed by atoms with Gasteiger partial charge in [-0.25, -0.2) is 13.1 Å². The second-order valence-electron chi connectivity index (χ2n) is 4.39. The van der Waals surface area contributed by atoms with Crippen molar-refractivity contribution in [1.82, 2.24) is 9.71 Å². The number of hydrogen-bond donors (Lipinski definition) is 1. The lowest BCUT2D eigenvalue weighted by atomic mass is 10.2. The number of rotatable bonds is 5. The van der Waals surface area contributed by atoms with E-state index >= 15 is 0 Å². The molecule has 0 spiro atoms. The number of halogens is 1. The zero-order valence-corrected chi connectivity index (χ0v) is 14.0. The average molecular weight is 371 g/mol. The highest BCUT2D eigenvalue weighted by Gasteiger charge is 2.16. The smallest absolute Gasteiger partial charge is 0.240 e. The highest BCUT2D eigenvalue weighted by Crippen LogP contribution is 2.27. The Balaban J connectivity index is 2.19. The van der Waals surface area contributed by atoms with Gasteiger partial charge in [0.25, 0.3) is 0 Å². The molecule has 0 saturated heterocycles. The van der Waals surface area contributed by atoms with Crippen molar-refractivity contribution < 1.29 is 13.2 Å². The van der Waals surface area contributed by atoms with Crippen molar-refractivity contribution in [3.63, 3.8) is 0 Å². The fourth-order valence-corrected chi connectivity index (χ4v) is 3.47. The number of ether oxygens (including phenoxy) is 1. The number of hydrogen-bond acceptors (Lipinski definition) is 4. The van der Waals surface area contributed by atoms with Crippen molar-refractivity contribution >= 4 is 26.0 Å². The van der Waals surface area contributed by atoms with Crippen LogP contribution in [0, 0.1) is 6.92 Å². The molecule has 0 saturated carbocycles. The maximum absolute atomic E-state index is 12.3. The number of aromatic nitrogens is 1. The van der Waals surface area contributed by atoms with E-state index in [1.807, 2.05) is 19.1 Å². The molecule has 2 rings (SSSR count). The Bertz CT molecular complexity index is 748. The Morgan fingerprint density at radius 1 is 1.33 bits per heavy atom. The van der Waals surface area contributed by atoms with Gasteiger partial charge in [-0.2, -0.15) is 0 Å². The molecular weight excluding hydrogens is 356 g/mol. The van der Waals surface area contributed by atoms with Crippen LogP contribution in [-0.2, 0) is 16.6 Å². The number of benzene rings is 1. The largest absolute Gasteiger partial charge is 0.496 e. The molecule has 1 aromatic carbocycles. The van der Waals surface area contributed by atoms with Crippen LogP contribution >= 0.6 is 15.9 Å². The Kier molecular flexibility index (Phi) is 4.97. The normalized spacial score (nSPS) is 11.4. The number of methoxy groups -OCH3 is 1. The molecule has 1 heterocycles. The van der Waals surface area contributed by atoms with Gasteiger partial charge >= 0.3 is 0 Å². The van der Waals surface area contributed by atoms with Crippen molar-refractivity contribution in [2.45, 2.75) is 18.4 Å². The van der Waals surface area contributed by atoms with Gasteiger partial charge in [0.2, 0.25) is 10.0 Å². The third kappa shape index (κ3) is 3.81. The van der Waals surface area contributed by atoms with Gasteiger partial charge in [-0.05, 0) is 52.7 Å². The van der Waals surface area contributed by atoms with E-state index < -0.39 is 10.0 Å². The van der Waals surface area contributed by atoms with Gasteiger partial charge in [-0.15, -0.1) is 0 Å². The van der Waals surface area contributed by atoms with E-state index in [1.165, 1.54) is 19.2 Å². The molecule has 0 bridgehead atoms. The SMILES string of the molecule is COc1ccc(S(=O)(=O)NCc2ncccc2C)cc1Br. The predicted molar refractivity (Wildman–Crippen MR) is 83.7 cm³/mol. The molecule has 112 valence electrons. The van der Waals surface area contributed by atoms with Crippen LogP contribution in [0.15, 0.2) is 45.9 Å². The fraction of sp³-hybridized carbons (Fsp3) is 0.214. The summed E-state index contributed by atoms with van der Waals surface area (Å²) in [6, 6.07) is 8.31. The molecular formula is C14H15BrN2O3S. The number of pyridine rings is 1. The average Bonchev–Trinajstić information content (AvgIpc) is 2.46. The van der Waals surface area contributed by atoms with Crippen LogP contribution in [0.5, 0.6) is 5.75 Å². The Morgan fingerprint density at radius 2 is 2.10 bits per heavy atom. The van der Waals surface area contributed by atoms with Gasteiger partial charge in [0.1, 0.15) is 5.75 Å². The maximum atomic E-state index is 12.3. The summed E-state index contributed by atoms with van der Waals surface area (Å²) in [5.41, 5.74) is 1.64. The Labute approximate surface area is 132 Å². The second kappa shape index (κ2) is 6.55. The quantitative estimate of drug-likeness (QED) is 0.878. The van der Waals surface area contributed by atoms with Crippen LogP contribution in [-0.4, -0.2) is 20.5 Å². The predicted octanol–water partition coefficient (Wildman–Crippen LogP) is 2.64. The van der Waals surface area contributed by atoms with E-state index in [0.717, 1.165) is 5.56 Å². The van der Waals surface area contributed by atoms with E-state index in [1.54, 1.807) is 12.3 Å². The highest BCUT2D eigenvalue weighted by atomic mass is 79.9. The molecule has 0 amide bonds. The van der Waals surface area contributed by atoms with Gasteiger partial charge in [0.05, 0.1) is 28.7 Å². The van der Waals surface area contributed by atoms with Gasteiger partial charge in [-0.1, -0.05) is 6.07 Å². The molecule has 7 heteroatoms. The van der Waals surface area contributed by atoms with Gasteiger partial charge in [0.15, 0.2) is 0 Å². The van der Waals surface area contributed by atoms with E-state index in [2.05, 4.69) is 25.6 Å². The standard InChI is InChI=1S/C14H15BrN2O3S/c1-10-4-3-7-16-13(10)9-17-21(18,19)11-5-6-14(20-2)12(15)8-11/h3-8,17H,9H2,1-2H3.